The molecule has 1 aliphatic rings. The first-order valence-electron chi connectivity index (χ1n) is 7.24. The third-order valence-electron chi connectivity index (χ3n) is 3.45. The van der Waals surface area contributed by atoms with Crippen LogP contribution in [-0.2, 0) is 11.8 Å². The number of aryl methyl sites for hydroxylation is 1. The Balaban J connectivity index is 1.63. The summed E-state index contributed by atoms with van der Waals surface area (Å²) in [5.41, 5.74) is 2.42. The van der Waals surface area contributed by atoms with Gasteiger partial charge in [0.2, 0.25) is 6.10 Å². The molecule has 0 aliphatic carbocycles. The van der Waals surface area contributed by atoms with Gasteiger partial charge in [0.1, 0.15) is 12.2 Å². The maximum Gasteiger partial charge on any atom is 0.328 e. The lowest BCUT2D eigenvalue weighted by molar-refractivity contribution is -0.131. The molecule has 2 aromatic rings. The normalized spacial score (nSPS) is 15.3. The van der Waals surface area contributed by atoms with Gasteiger partial charge in [0, 0.05) is 13.2 Å². The first-order chi connectivity index (χ1) is 12.0. The van der Waals surface area contributed by atoms with E-state index in [1.54, 1.807) is 24.3 Å². The van der Waals surface area contributed by atoms with Crippen molar-refractivity contribution in [2.24, 2.45) is 7.05 Å². The lowest BCUT2D eigenvalue weighted by atomic mass is 10.2. The molecule has 0 radical (unpaired) electrons. The molecule has 1 atom stereocenters. The van der Waals surface area contributed by atoms with Crippen molar-refractivity contribution >= 4 is 11.8 Å². The summed E-state index contributed by atoms with van der Waals surface area (Å²) in [6.07, 6.45) is 0.104. The Morgan fingerprint density at radius 1 is 1.20 bits per heavy atom. The topological polar surface area (TPSA) is 132 Å². The molecule has 130 valence electrons. The molecule has 2 amide bonds. The van der Waals surface area contributed by atoms with Crippen LogP contribution in [0.25, 0.3) is 0 Å². The summed E-state index contributed by atoms with van der Waals surface area (Å²) in [7, 11) is 1.37. The van der Waals surface area contributed by atoms with Crippen molar-refractivity contribution in [3.05, 3.63) is 56.9 Å². The minimum absolute atomic E-state index is 0.0286. The van der Waals surface area contributed by atoms with Crippen molar-refractivity contribution in [2.75, 3.05) is 6.61 Å². The minimum Gasteiger partial charge on any atom is -0.485 e. The second kappa shape index (κ2) is 6.51. The zero-order chi connectivity index (χ0) is 18.0. The van der Waals surface area contributed by atoms with Crippen LogP contribution in [0.4, 0.5) is 0 Å². The van der Waals surface area contributed by atoms with Gasteiger partial charge in [-0.25, -0.2) is 4.79 Å². The highest BCUT2D eigenvalue weighted by Crippen LogP contribution is 2.30. The van der Waals surface area contributed by atoms with Gasteiger partial charge in [0.05, 0.1) is 0 Å². The molecule has 0 bridgehead atoms. The standard InChI is InChI=1S/C15H14N4O6/c1-19-6-8(12(20)16-15(19)23)13(21)17-18-14(22)11-7-24-9-4-2-3-5-10(9)25-11/h2-6,11H,7H2,1H3,(H,17,21)(H,18,22)(H,16,20,23)/t11-/m1/s1. The van der Waals surface area contributed by atoms with E-state index in [0.29, 0.717) is 11.5 Å². The number of nitrogens with zero attached hydrogens (tertiary/aromatic N) is 1. The van der Waals surface area contributed by atoms with Crippen molar-refractivity contribution in [1.82, 2.24) is 20.4 Å². The molecule has 0 unspecified atom stereocenters. The van der Waals surface area contributed by atoms with Crippen LogP contribution in [0.1, 0.15) is 10.4 Å². The van der Waals surface area contributed by atoms with Gasteiger partial charge in [-0.2, -0.15) is 0 Å². The fourth-order valence-corrected chi connectivity index (χ4v) is 2.14. The molecular formula is C15H14N4O6. The maximum atomic E-state index is 12.1. The number of para-hydroxylation sites is 2. The van der Waals surface area contributed by atoms with Gasteiger partial charge in [-0.15, -0.1) is 0 Å². The van der Waals surface area contributed by atoms with Gasteiger partial charge in [-0.05, 0) is 12.1 Å². The number of nitrogens with one attached hydrogen (secondary N) is 3. The SMILES string of the molecule is Cn1cc(C(=O)NNC(=O)[C@H]2COc3ccccc3O2)c(=O)[nH]c1=O. The third-order valence-corrected chi connectivity index (χ3v) is 3.45. The summed E-state index contributed by atoms with van der Waals surface area (Å²) in [5.74, 6) is -0.589. The second-order valence-corrected chi connectivity index (χ2v) is 5.22. The fraction of sp³-hybridized carbons (Fsp3) is 0.200. The van der Waals surface area contributed by atoms with E-state index in [9.17, 15) is 19.2 Å². The number of amides is 2. The number of fused-ring (bicyclic) bond motifs is 1. The number of aromatic amines is 1. The van der Waals surface area contributed by atoms with E-state index < -0.39 is 29.2 Å². The van der Waals surface area contributed by atoms with Crippen LogP contribution >= 0.6 is 0 Å². The van der Waals surface area contributed by atoms with E-state index in [1.165, 1.54) is 7.05 Å². The number of aromatic nitrogens is 2. The quantitative estimate of drug-likeness (QED) is 0.578. The fourth-order valence-electron chi connectivity index (χ4n) is 2.14. The number of rotatable bonds is 2. The van der Waals surface area contributed by atoms with Gasteiger partial charge in [0.25, 0.3) is 17.4 Å². The van der Waals surface area contributed by atoms with Crippen molar-refractivity contribution in [2.45, 2.75) is 6.10 Å². The average Bonchev–Trinajstić information content (AvgIpc) is 2.62. The zero-order valence-electron chi connectivity index (χ0n) is 13.1. The Morgan fingerprint density at radius 3 is 2.68 bits per heavy atom. The molecular weight excluding hydrogens is 332 g/mol. The molecule has 10 heteroatoms. The Labute approximate surface area is 140 Å². The highest BCUT2D eigenvalue weighted by atomic mass is 16.6. The van der Waals surface area contributed by atoms with E-state index in [-0.39, 0.29) is 12.2 Å². The number of hydrogen-bond acceptors (Lipinski definition) is 6. The van der Waals surface area contributed by atoms with Crippen LogP contribution in [0.15, 0.2) is 40.1 Å². The van der Waals surface area contributed by atoms with E-state index in [4.69, 9.17) is 9.47 Å². The molecule has 1 aromatic heterocycles. The van der Waals surface area contributed by atoms with E-state index >= 15 is 0 Å². The Kier molecular flexibility index (Phi) is 4.25. The predicted octanol–water partition coefficient (Wildman–Crippen LogP) is -1.33. The lowest BCUT2D eigenvalue weighted by Gasteiger charge is -2.25. The molecule has 1 aliphatic heterocycles. The highest BCUT2D eigenvalue weighted by Gasteiger charge is 2.27. The number of benzene rings is 1. The van der Waals surface area contributed by atoms with Crippen LogP contribution in [0.3, 0.4) is 0 Å². The molecule has 0 saturated carbocycles. The number of ether oxygens (including phenoxy) is 2. The van der Waals surface area contributed by atoms with Crippen molar-refractivity contribution in [3.8, 4) is 11.5 Å². The molecule has 3 rings (SSSR count). The van der Waals surface area contributed by atoms with Crippen LogP contribution < -0.4 is 31.6 Å². The van der Waals surface area contributed by atoms with Crippen LogP contribution in [0, 0.1) is 0 Å². The van der Waals surface area contributed by atoms with Crippen LogP contribution in [-0.4, -0.2) is 34.1 Å². The number of hydrazine groups is 1. The van der Waals surface area contributed by atoms with Crippen molar-refractivity contribution in [3.63, 3.8) is 0 Å². The molecule has 0 fully saturated rings. The number of H-pyrrole nitrogens is 1. The molecule has 10 nitrogen and oxygen atoms in total. The smallest absolute Gasteiger partial charge is 0.328 e. The first kappa shape index (κ1) is 16.3. The zero-order valence-corrected chi connectivity index (χ0v) is 13.1. The van der Waals surface area contributed by atoms with E-state index in [0.717, 1.165) is 10.8 Å². The number of carbonyl (C=O) groups excluding carboxylic acids is 2. The maximum absolute atomic E-state index is 12.1. The molecule has 3 N–H and O–H groups in total. The van der Waals surface area contributed by atoms with Gasteiger partial charge in [-0.1, -0.05) is 12.1 Å². The van der Waals surface area contributed by atoms with Crippen LogP contribution in [0.2, 0.25) is 0 Å². The Morgan fingerprint density at radius 2 is 1.92 bits per heavy atom. The third kappa shape index (κ3) is 3.37. The van der Waals surface area contributed by atoms with Gasteiger partial charge in [-0.3, -0.25) is 30.2 Å². The largest absolute Gasteiger partial charge is 0.485 e. The molecule has 1 aromatic carbocycles. The van der Waals surface area contributed by atoms with Crippen LogP contribution in [0.5, 0.6) is 11.5 Å². The molecule has 25 heavy (non-hydrogen) atoms. The van der Waals surface area contributed by atoms with E-state index in [2.05, 4.69) is 10.9 Å². The lowest BCUT2D eigenvalue weighted by Crippen LogP contribution is -2.51. The molecule has 0 spiro atoms. The average molecular weight is 346 g/mol. The van der Waals surface area contributed by atoms with Gasteiger partial charge < -0.3 is 14.0 Å². The molecule has 0 saturated heterocycles. The number of hydrogen-bond donors (Lipinski definition) is 3. The number of carbonyl (C=O) groups is 2. The summed E-state index contributed by atoms with van der Waals surface area (Å²) in [5, 5.41) is 0. The van der Waals surface area contributed by atoms with Gasteiger partial charge in [0.15, 0.2) is 11.5 Å². The van der Waals surface area contributed by atoms with Crippen molar-refractivity contribution in [1.29, 1.82) is 0 Å². The van der Waals surface area contributed by atoms with Crippen molar-refractivity contribution < 1.29 is 19.1 Å². The summed E-state index contributed by atoms with van der Waals surface area (Å²) in [4.78, 5) is 48.9. The molecule has 2 heterocycles. The minimum atomic E-state index is -0.964. The van der Waals surface area contributed by atoms with E-state index in [1.807, 2.05) is 4.98 Å². The first-order valence-corrected chi connectivity index (χ1v) is 7.24. The monoisotopic (exact) mass is 346 g/mol. The predicted molar refractivity (Wildman–Crippen MR) is 84.3 cm³/mol. The summed E-state index contributed by atoms with van der Waals surface area (Å²) in [6.45, 7) is -0.0286. The highest BCUT2D eigenvalue weighted by molar-refractivity contribution is 5.95. The Bertz CT molecular complexity index is 948. The summed E-state index contributed by atoms with van der Waals surface area (Å²) in [6, 6.07) is 6.86. The Hall–Kier alpha value is -3.56. The second-order valence-electron chi connectivity index (χ2n) is 5.22. The summed E-state index contributed by atoms with van der Waals surface area (Å²) < 4.78 is 11.9. The van der Waals surface area contributed by atoms with Gasteiger partial charge >= 0.3 is 5.69 Å². The summed E-state index contributed by atoms with van der Waals surface area (Å²) >= 11 is 0.